The van der Waals surface area contributed by atoms with Crippen molar-refractivity contribution in [3.05, 3.63) is 0 Å². The highest BCUT2D eigenvalue weighted by Gasteiger charge is 2.30. The third-order valence-corrected chi connectivity index (χ3v) is 4.63. The number of thioether (sulfide) groups is 1. The van der Waals surface area contributed by atoms with E-state index in [0.29, 0.717) is 30.8 Å². The van der Waals surface area contributed by atoms with Crippen molar-refractivity contribution in [3.8, 4) is 0 Å². The Labute approximate surface area is 128 Å². The van der Waals surface area contributed by atoms with Gasteiger partial charge in [-0.1, -0.05) is 11.8 Å². The summed E-state index contributed by atoms with van der Waals surface area (Å²) in [7, 11) is 0. The molecule has 1 aliphatic heterocycles. The number of nitrogen functional groups attached to an aromatic ring is 1. The Kier molecular flexibility index (Phi) is 4.08. The molecule has 1 amide bonds. The van der Waals surface area contributed by atoms with Gasteiger partial charge in [-0.3, -0.25) is 9.36 Å². The normalized spacial score (nSPS) is 26.1. The summed E-state index contributed by atoms with van der Waals surface area (Å²) in [6, 6.07) is 0.418. The van der Waals surface area contributed by atoms with Crippen LogP contribution in [0.4, 0.5) is 5.95 Å². The van der Waals surface area contributed by atoms with Gasteiger partial charge in [0, 0.05) is 19.1 Å². The second-order valence-corrected chi connectivity index (χ2v) is 6.73. The highest BCUT2D eigenvalue weighted by molar-refractivity contribution is 7.99. The van der Waals surface area contributed by atoms with Gasteiger partial charge in [0.05, 0.1) is 18.0 Å². The van der Waals surface area contributed by atoms with Crippen LogP contribution in [0.25, 0.3) is 0 Å². The molecule has 0 spiro atoms. The lowest BCUT2D eigenvalue weighted by molar-refractivity contribution is -0.140. The largest absolute Gasteiger partial charge is 0.372 e. The second-order valence-electron chi connectivity index (χ2n) is 5.79. The summed E-state index contributed by atoms with van der Waals surface area (Å²) < 4.78 is 7.59. The fourth-order valence-corrected chi connectivity index (χ4v) is 3.58. The van der Waals surface area contributed by atoms with Gasteiger partial charge in [0.15, 0.2) is 5.16 Å². The third kappa shape index (κ3) is 3.32. The van der Waals surface area contributed by atoms with E-state index in [4.69, 9.17) is 10.5 Å². The SMILES string of the molecule is CC1CN(C(=O)CSc2nnc(N)n2C2CC2)CC(C)O1. The van der Waals surface area contributed by atoms with Gasteiger partial charge in [0.2, 0.25) is 11.9 Å². The molecule has 2 unspecified atom stereocenters. The van der Waals surface area contributed by atoms with Crippen molar-refractivity contribution in [2.75, 3.05) is 24.6 Å². The van der Waals surface area contributed by atoms with Crippen molar-refractivity contribution < 1.29 is 9.53 Å². The number of nitrogens with two attached hydrogens (primary N) is 1. The molecule has 2 heterocycles. The number of carbonyl (C=O) groups excluding carboxylic acids is 1. The molecule has 21 heavy (non-hydrogen) atoms. The minimum absolute atomic E-state index is 0.0912. The van der Waals surface area contributed by atoms with Gasteiger partial charge < -0.3 is 15.4 Å². The molecular weight excluding hydrogens is 290 g/mol. The van der Waals surface area contributed by atoms with E-state index in [2.05, 4.69) is 10.2 Å². The molecule has 2 aliphatic rings. The predicted molar refractivity (Wildman–Crippen MR) is 80.0 cm³/mol. The first-order valence-electron chi connectivity index (χ1n) is 7.31. The lowest BCUT2D eigenvalue weighted by Gasteiger charge is -2.35. The number of carbonyl (C=O) groups is 1. The summed E-state index contributed by atoms with van der Waals surface area (Å²) in [6.45, 7) is 5.30. The van der Waals surface area contributed by atoms with Crippen LogP contribution >= 0.6 is 11.8 Å². The molecule has 0 aromatic carbocycles. The lowest BCUT2D eigenvalue weighted by atomic mass is 10.2. The van der Waals surface area contributed by atoms with Crippen molar-refractivity contribution in [1.29, 1.82) is 0 Å². The summed E-state index contributed by atoms with van der Waals surface area (Å²) in [5.41, 5.74) is 5.83. The Balaban J connectivity index is 1.58. The molecule has 2 N–H and O–H groups in total. The van der Waals surface area contributed by atoms with Gasteiger partial charge in [-0.25, -0.2) is 0 Å². The molecule has 116 valence electrons. The van der Waals surface area contributed by atoms with E-state index in [-0.39, 0.29) is 18.1 Å². The first-order valence-corrected chi connectivity index (χ1v) is 8.29. The molecule has 8 heteroatoms. The third-order valence-electron chi connectivity index (χ3n) is 3.70. The molecule has 0 radical (unpaired) electrons. The average Bonchev–Trinajstić information content (AvgIpc) is 3.19. The van der Waals surface area contributed by atoms with Crippen LogP contribution in [0.1, 0.15) is 32.7 Å². The van der Waals surface area contributed by atoms with E-state index >= 15 is 0 Å². The molecular formula is C13H21N5O2S. The summed E-state index contributed by atoms with van der Waals surface area (Å²) >= 11 is 1.42. The lowest BCUT2D eigenvalue weighted by Crippen LogP contribution is -2.48. The number of anilines is 1. The molecule has 3 rings (SSSR count). The Bertz CT molecular complexity index is 521. The molecule has 1 aromatic rings. The van der Waals surface area contributed by atoms with Crippen molar-refractivity contribution in [2.45, 2.75) is 50.1 Å². The molecule has 2 fully saturated rings. The Morgan fingerprint density at radius 1 is 1.33 bits per heavy atom. The Hall–Kier alpha value is -1.28. The fourth-order valence-electron chi connectivity index (χ4n) is 2.66. The number of amides is 1. The van der Waals surface area contributed by atoms with E-state index in [0.717, 1.165) is 18.0 Å². The van der Waals surface area contributed by atoms with Crippen LogP contribution in [-0.2, 0) is 9.53 Å². The molecule has 7 nitrogen and oxygen atoms in total. The minimum Gasteiger partial charge on any atom is -0.372 e. The maximum absolute atomic E-state index is 12.3. The summed E-state index contributed by atoms with van der Waals surface area (Å²) in [4.78, 5) is 14.2. The maximum Gasteiger partial charge on any atom is 0.233 e. The van der Waals surface area contributed by atoms with Crippen molar-refractivity contribution in [2.24, 2.45) is 0 Å². The standard InChI is InChI=1S/C13H21N5O2S/c1-8-5-17(6-9(2)20-8)11(19)7-21-13-16-15-12(14)18(13)10-3-4-10/h8-10H,3-7H2,1-2H3,(H2,14,15). The van der Waals surface area contributed by atoms with Gasteiger partial charge in [-0.05, 0) is 26.7 Å². The number of morpholine rings is 1. The second kappa shape index (κ2) is 5.84. The van der Waals surface area contributed by atoms with Gasteiger partial charge in [-0.2, -0.15) is 0 Å². The monoisotopic (exact) mass is 311 g/mol. The van der Waals surface area contributed by atoms with E-state index in [1.807, 2.05) is 23.3 Å². The van der Waals surface area contributed by atoms with Crippen LogP contribution < -0.4 is 5.73 Å². The number of rotatable bonds is 4. The van der Waals surface area contributed by atoms with Crippen LogP contribution in [-0.4, -0.2) is 56.6 Å². The Morgan fingerprint density at radius 2 is 2.00 bits per heavy atom. The highest BCUT2D eigenvalue weighted by atomic mass is 32.2. The van der Waals surface area contributed by atoms with Crippen LogP contribution in [0.5, 0.6) is 0 Å². The topological polar surface area (TPSA) is 86.3 Å². The first kappa shape index (κ1) is 14.6. The number of ether oxygens (including phenoxy) is 1. The molecule has 0 bridgehead atoms. The minimum atomic E-state index is 0.0912. The van der Waals surface area contributed by atoms with Crippen molar-refractivity contribution >= 4 is 23.6 Å². The van der Waals surface area contributed by atoms with Crippen LogP contribution in [0, 0.1) is 0 Å². The smallest absolute Gasteiger partial charge is 0.233 e. The first-order chi connectivity index (χ1) is 10.0. The zero-order valence-corrected chi connectivity index (χ0v) is 13.2. The van der Waals surface area contributed by atoms with Crippen molar-refractivity contribution in [3.63, 3.8) is 0 Å². The van der Waals surface area contributed by atoms with Gasteiger partial charge >= 0.3 is 0 Å². The van der Waals surface area contributed by atoms with Crippen LogP contribution in [0.15, 0.2) is 5.16 Å². The number of hydrogen-bond acceptors (Lipinski definition) is 6. The zero-order valence-electron chi connectivity index (χ0n) is 12.4. The van der Waals surface area contributed by atoms with Crippen LogP contribution in [0.3, 0.4) is 0 Å². The summed E-state index contributed by atoms with van der Waals surface area (Å²) in [5.74, 6) is 0.927. The van der Waals surface area contributed by atoms with E-state index in [9.17, 15) is 4.79 Å². The zero-order chi connectivity index (χ0) is 15.0. The number of nitrogens with zero attached hydrogens (tertiary/aromatic N) is 4. The molecule has 1 saturated heterocycles. The van der Waals surface area contributed by atoms with Crippen LogP contribution in [0.2, 0.25) is 0 Å². The van der Waals surface area contributed by atoms with Gasteiger partial charge in [0.25, 0.3) is 0 Å². The summed E-state index contributed by atoms with van der Waals surface area (Å²) in [5, 5.41) is 8.74. The average molecular weight is 311 g/mol. The van der Waals surface area contributed by atoms with Gasteiger partial charge in [-0.15, -0.1) is 10.2 Å². The van der Waals surface area contributed by atoms with Crippen molar-refractivity contribution in [1.82, 2.24) is 19.7 Å². The molecule has 1 aliphatic carbocycles. The van der Waals surface area contributed by atoms with E-state index in [1.54, 1.807) is 0 Å². The number of aromatic nitrogens is 3. The van der Waals surface area contributed by atoms with E-state index in [1.165, 1.54) is 11.8 Å². The quantitative estimate of drug-likeness (QED) is 0.832. The van der Waals surface area contributed by atoms with Gasteiger partial charge in [0.1, 0.15) is 0 Å². The molecule has 2 atom stereocenters. The fraction of sp³-hybridized carbons (Fsp3) is 0.769. The molecule has 1 aromatic heterocycles. The molecule has 1 saturated carbocycles. The maximum atomic E-state index is 12.3. The summed E-state index contributed by atoms with van der Waals surface area (Å²) in [6.07, 6.45) is 2.41. The number of hydrogen-bond donors (Lipinski definition) is 1. The highest BCUT2D eigenvalue weighted by Crippen LogP contribution is 2.39. The van der Waals surface area contributed by atoms with E-state index < -0.39 is 0 Å². The Morgan fingerprint density at radius 3 is 2.62 bits per heavy atom. The predicted octanol–water partition coefficient (Wildman–Crippen LogP) is 0.923.